The van der Waals surface area contributed by atoms with Gasteiger partial charge in [0.25, 0.3) is 5.00 Å². The second-order valence-corrected chi connectivity index (χ2v) is 11.2. The molecule has 0 spiro atoms. The number of thiophene rings is 1. The summed E-state index contributed by atoms with van der Waals surface area (Å²) in [6, 6.07) is 8.14. The fourth-order valence-electron chi connectivity index (χ4n) is 5.40. The van der Waals surface area contributed by atoms with Crippen LogP contribution in [0.3, 0.4) is 0 Å². The minimum Gasteiger partial charge on any atom is -0.362 e. The van der Waals surface area contributed by atoms with Gasteiger partial charge in [0.2, 0.25) is 0 Å². The number of anilines is 2. The van der Waals surface area contributed by atoms with Gasteiger partial charge in [0, 0.05) is 29.1 Å². The van der Waals surface area contributed by atoms with Crippen LogP contribution in [0.25, 0.3) is 6.08 Å². The number of hydrogen-bond donors (Lipinski definition) is 1. The molecule has 0 bridgehead atoms. The van der Waals surface area contributed by atoms with Crippen molar-refractivity contribution < 1.29 is 4.79 Å². The lowest BCUT2D eigenvalue weighted by Gasteiger charge is -2.34. The largest absolute Gasteiger partial charge is 0.362 e. The van der Waals surface area contributed by atoms with Gasteiger partial charge < -0.3 is 9.80 Å². The number of fused-ring (bicyclic) bond motifs is 5. The van der Waals surface area contributed by atoms with E-state index in [-0.39, 0.29) is 22.7 Å². The Morgan fingerprint density at radius 3 is 2.70 bits per heavy atom. The zero-order chi connectivity index (χ0) is 23.1. The molecule has 5 rings (SSSR count). The molecule has 33 heavy (non-hydrogen) atoms. The number of nitrogens with one attached hydrogen (secondary N) is 1. The van der Waals surface area contributed by atoms with Crippen molar-refractivity contribution in [2.24, 2.45) is 6.26 Å². The van der Waals surface area contributed by atoms with Gasteiger partial charge in [-0.1, -0.05) is 43.7 Å². The third kappa shape index (κ3) is 3.80. The molecule has 2 amide bonds. The SMILES string of the molecule is CCCN(CCC)C(=O)N1NCN2c3c(c4c([s+]3C)C=CC4)CN(c3ccccc3Cl)CC12. The van der Waals surface area contributed by atoms with Crippen LogP contribution in [0.4, 0.5) is 15.5 Å². The maximum absolute atomic E-state index is 13.7. The average Bonchev–Trinajstić information content (AvgIpc) is 3.48. The molecule has 1 aliphatic carbocycles. The maximum atomic E-state index is 13.7. The number of halogens is 1. The smallest absolute Gasteiger partial charge is 0.336 e. The van der Waals surface area contributed by atoms with E-state index in [1.165, 1.54) is 21.0 Å². The lowest BCUT2D eigenvalue weighted by molar-refractivity contribution is 0.129. The Hall–Kier alpha value is -2.22. The summed E-state index contributed by atoms with van der Waals surface area (Å²) in [6.45, 7) is 7.98. The van der Waals surface area contributed by atoms with Crippen molar-refractivity contribution in [1.82, 2.24) is 15.3 Å². The van der Waals surface area contributed by atoms with E-state index in [0.717, 1.165) is 49.6 Å². The van der Waals surface area contributed by atoms with Crippen LogP contribution in [0.2, 0.25) is 5.02 Å². The highest BCUT2D eigenvalue weighted by atomic mass is 35.5. The van der Waals surface area contributed by atoms with E-state index in [0.29, 0.717) is 13.2 Å². The highest BCUT2D eigenvalue weighted by Gasteiger charge is 2.47. The number of hydrogen-bond acceptors (Lipinski definition) is 4. The van der Waals surface area contributed by atoms with Crippen molar-refractivity contribution in [3.8, 4) is 0 Å². The molecule has 1 saturated heterocycles. The van der Waals surface area contributed by atoms with Gasteiger partial charge in [-0.05, 0) is 37.5 Å². The maximum Gasteiger partial charge on any atom is 0.336 e. The van der Waals surface area contributed by atoms with Crippen molar-refractivity contribution in [3.05, 3.63) is 51.4 Å². The van der Waals surface area contributed by atoms with Gasteiger partial charge in [-0.15, -0.1) is 0 Å². The first-order valence-corrected chi connectivity index (χ1v) is 13.9. The van der Waals surface area contributed by atoms with Crippen LogP contribution in [0, 0.1) is 0 Å². The molecule has 2 atom stereocenters. The summed E-state index contributed by atoms with van der Waals surface area (Å²) in [5, 5.41) is 4.02. The van der Waals surface area contributed by atoms with Crippen molar-refractivity contribution in [1.29, 1.82) is 0 Å². The topological polar surface area (TPSA) is 42.1 Å². The third-order valence-electron chi connectivity index (χ3n) is 6.85. The van der Waals surface area contributed by atoms with Gasteiger partial charge in [0.1, 0.15) is 12.4 Å². The summed E-state index contributed by atoms with van der Waals surface area (Å²) in [7, 11) is 0.00830. The zero-order valence-electron chi connectivity index (χ0n) is 19.7. The average molecular weight is 487 g/mol. The van der Waals surface area contributed by atoms with Crippen LogP contribution in [0.5, 0.6) is 0 Å². The Labute approximate surface area is 204 Å². The molecule has 2 aromatic rings. The lowest BCUT2D eigenvalue weighted by atomic mass is 10.1. The van der Waals surface area contributed by atoms with E-state index in [2.05, 4.69) is 53.5 Å². The van der Waals surface area contributed by atoms with Crippen molar-refractivity contribution in [3.63, 3.8) is 0 Å². The molecule has 0 radical (unpaired) electrons. The number of hydrazine groups is 1. The number of benzene rings is 1. The number of carbonyl (C=O) groups is 1. The Morgan fingerprint density at radius 1 is 1.21 bits per heavy atom. The Balaban J connectivity index is 1.57. The number of carbonyl (C=O) groups excluding carboxylic acids is 1. The molecule has 176 valence electrons. The molecule has 3 heterocycles. The summed E-state index contributed by atoms with van der Waals surface area (Å²) in [5.74, 6) is 0. The first-order chi connectivity index (χ1) is 16.0. The van der Waals surface area contributed by atoms with Crippen molar-refractivity contribution in [2.75, 3.05) is 36.1 Å². The molecule has 8 heteroatoms. The van der Waals surface area contributed by atoms with E-state index in [1.54, 1.807) is 0 Å². The number of allylic oxidation sites excluding steroid dienone is 1. The summed E-state index contributed by atoms with van der Waals surface area (Å²) in [5.41, 5.74) is 7.37. The van der Waals surface area contributed by atoms with Crippen molar-refractivity contribution in [2.45, 2.75) is 45.8 Å². The number of rotatable bonds is 5. The van der Waals surface area contributed by atoms with Gasteiger partial charge in [-0.3, -0.25) is 4.90 Å². The van der Waals surface area contributed by atoms with Gasteiger partial charge in [0.15, 0.2) is 4.88 Å². The van der Waals surface area contributed by atoms with E-state index in [1.807, 2.05) is 28.1 Å². The van der Waals surface area contributed by atoms with Gasteiger partial charge >= 0.3 is 6.03 Å². The second kappa shape index (κ2) is 9.20. The summed E-state index contributed by atoms with van der Waals surface area (Å²) in [6.07, 6.45) is 9.74. The number of nitrogens with zero attached hydrogens (tertiary/aromatic N) is 4. The van der Waals surface area contributed by atoms with Gasteiger partial charge in [-0.25, -0.2) is 15.2 Å². The van der Waals surface area contributed by atoms with Crippen molar-refractivity contribution >= 4 is 44.9 Å². The van der Waals surface area contributed by atoms with E-state index >= 15 is 0 Å². The highest BCUT2D eigenvalue weighted by Crippen LogP contribution is 2.50. The summed E-state index contributed by atoms with van der Waals surface area (Å²) < 4.78 is 0. The predicted octanol–water partition coefficient (Wildman–Crippen LogP) is 5.37. The van der Waals surface area contributed by atoms with Gasteiger partial charge in [0.05, 0.1) is 36.0 Å². The molecule has 6 nitrogen and oxygen atoms in total. The Morgan fingerprint density at radius 2 is 1.97 bits per heavy atom. The highest BCUT2D eigenvalue weighted by molar-refractivity contribution is 7.34. The Bertz CT molecular complexity index is 1080. The molecule has 2 aliphatic heterocycles. The van der Waals surface area contributed by atoms with E-state index in [4.69, 9.17) is 11.6 Å². The molecule has 1 N–H and O–H groups in total. The predicted molar refractivity (Wildman–Crippen MR) is 139 cm³/mol. The molecule has 3 aliphatic rings. The standard InChI is InChI=1S/C25H33ClN5OS/c1-4-13-28(14-5-2)25(32)31-23-16-29(21-11-7-6-10-20(21)26)15-19-18-9-8-12-22(18)33(3)24(19)30(23)17-27-31/h6-8,10-12,23,27H,4-5,9,13-17H2,1-3H3/q+1. The number of amides is 2. The monoisotopic (exact) mass is 486 g/mol. The van der Waals surface area contributed by atoms with Crippen LogP contribution in [0.15, 0.2) is 30.3 Å². The summed E-state index contributed by atoms with van der Waals surface area (Å²) >= 11 is 6.67. The fraction of sp³-hybridized carbons (Fsp3) is 0.480. The zero-order valence-corrected chi connectivity index (χ0v) is 21.3. The minimum atomic E-state index is -0.0866. The fourth-order valence-corrected chi connectivity index (χ4v) is 7.83. The number of urea groups is 1. The van der Waals surface area contributed by atoms with E-state index in [9.17, 15) is 4.79 Å². The first kappa shape index (κ1) is 22.6. The normalized spacial score (nSPS) is 19.5. The molecule has 0 saturated carbocycles. The first-order valence-electron chi connectivity index (χ1n) is 11.9. The van der Waals surface area contributed by atoms with Crippen LogP contribution >= 0.6 is 22.1 Å². The summed E-state index contributed by atoms with van der Waals surface area (Å²) in [4.78, 5) is 21.9. The third-order valence-corrected chi connectivity index (χ3v) is 9.27. The number of para-hydroxylation sites is 1. The minimum absolute atomic E-state index is 0.00830. The molecule has 2 unspecified atom stereocenters. The quantitative estimate of drug-likeness (QED) is 0.577. The van der Waals surface area contributed by atoms with Crippen LogP contribution in [0.1, 0.15) is 42.7 Å². The second-order valence-electron chi connectivity index (χ2n) is 8.98. The molecule has 1 aromatic carbocycles. The van der Waals surface area contributed by atoms with Crippen LogP contribution in [-0.4, -0.2) is 48.4 Å². The lowest BCUT2D eigenvalue weighted by Crippen LogP contribution is -2.55. The molecule has 1 fully saturated rings. The van der Waals surface area contributed by atoms with Gasteiger partial charge in [-0.2, -0.15) is 0 Å². The van der Waals surface area contributed by atoms with Crippen LogP contribution in [-0.2, 0) is 19.2 Å². The molecule has 1 aromatic heterocycles. The van der Waals surface area contributed by atoms with Crippen LogP contribution < -0.4 is 15.2 Å². The molecular weight excluding hydrogens is 454 g/mol. The molecular formula is C25H33ClN5OS+. The van der Waals surface area contributed by atoms with E-state index < -0.39 is 0 Å². The Kier molecular flexibility index (Phi) is 6.29.